The fraction of sp³-hybridized carbons (Fsp3) is 0.0435. The van der Waals surface area contributed by atoms with Gasteiger partial charge in [-0.25, -0.2) is 9.97 Å². The molecule has 5 aromatic heterocycles. The SMILES string of the molecule is Cc1ccc(-c2ccnc3[nH]c(-c4n[nH]c5ccc(-c6cncc(O)c6)cc45)nc23)s1. The summed E-state index contributed by atoms with van der Waals surface area (Å²) < 4.78 is 0. The molecule has 3 N–H and O–H groups in total. The lowest BCUT2D eigenvalue weighted by atomic mass is 10.0. The number of benzene rings is 1. The van der Waals surface area contributed by atoms with Gasteiger partial charge in [-0.1, -0.05) is 6.07 Å². The third-order valence-corrected chi connectivity index (χ3v) is 6.27. The summed E-state index contributed by atoms with van der Waals surface area (Å²) in [4.78, 5) is 19.1. The summed E-state index contributed by atoms with van der Waals surface area (Å²) in [6.07, 6.45) is 4.94. The maximum atomic E-state index is 9.78. The number of H-pyrrole nitrogens is 2. The maximum Gasteiger partial charge on any atom is 0.160 e. The quantitative estimate of drug-likeness (QED) is 0.357. The maximum absolute atomic E-state index is 9.78. The second-order valence-electron chi connectivity index (χ2n) is 7.32. The van der Waals surface area contributed by atoms with Gasteiger partial charge in [0.2, 0.25) is 0 Å². The van der Waals surface area contributed by atoms with Crippen LogP contribution in [0.1, 0.15) is 4.88 Å². The summed E-state index contributed by atoms with van der Waals surface area (Å²) >= 11 is 1.74. The molecule has 0 saturated heterocycles. The average molecular weight is 424 g/mol. The zero-order chi connectivity index (χ0) is 20.9. The molecule has 0 atom stereocenters. The van der Waals surface area contributed by atoms with Crippen molar-refractivity contribution in [3.05, 3.63) is 65.9 Å². The van der Waals surface area contributed by atoms with Crippen LogP contribution in [0, 0.1) is 6.92 Å². The number of thiophene rings is 1. The van der Waals surface area contributed by atoms with Gasteiger partial charge < -0.3 is 10.1 Å². The van der Waals surface area contributed by atoms with E-state index in [1.54, 1.807) is 29.8 Å². The summed E-state index contributed by atoms with van der Waals surface area (Å²) in [5, 5.41) is 18.3. The Labute approximate surface area is 180 Å². The number of aromatic amines is 2. The van der Waals surface area contributed by atoms with Crippen LogP contribution in [-0.2, 0) is 0 Å². The molecule has 0 aliphatic carbocycles. The Morgan fingerprint density at radius 2 is 1.94 bits per heavy atom. The summed E-state index contributed by atoms with van der Waals surface area (Å²) in [6.45, 7) is 2.10. The Balaban J connectivity index is 1.51. The third kappa shape index (κ3) is 2.96. The molecule has 0 unspecified atom stereocenters. The van der Waals surface area contributed by atoms with Crippen LogP contribution in [-0.4, -0.2) is 35.2 Å². The van der Waals surface area contributed by atoms with Crippen molar-refractivity contribution in [2.75, 3.05) is 0 Å². The van der Waals surface area contributed by atoms with Gasteiger partial charge in [0.25, 0.3) is 0 Å². The van der Waals surface area contributed by atoms with Crippen molar-refractivity contribution in [1.82, 2.24) is 30.1 Å². The molecule has 8 heteroatoms. The third-order valence-electron chi connectivity index (χ3n) is 5.23. The minimum Gasteiger partial charge on any atom is -0.506 e. The van der Waals surface area contributed by atoms with Crippen LogP contribution in [0.25, 0.3) is 55.2 Å². The van der Waals surface area contributed by atoms with Crippen LogP contribution >= 0.6 is 11.3 Å². The number of pyridine rings is 2. The van der Waals surface area contributed by atoms with E-state index in [1.807, 2.05) is 24.3 Å². The van der Waals surface area contributed by atoms with E-state index in [2.05, 4.69) is 44.2 Å². The van der Waals surface area contributed by atoms with Gasteiger partial charge in [-0.15, -0.1) is 11.3 Å². The molecular formula is C23H16N6OS. The highest BCUT2D eigenvalue weighted by Crippen LogP contribution is 2.35. The summed E-state index contributed by atoms with van der Waals surface area (Å²) in [5.41, 5.74) is 5.98. The van der Waals surface area contributed by atoms with Crippen LogP contribution in [0.4, 0.5) is 0 Å². The Morgan fingerprint density at radius 3 is 2.77 bits per heavy atom. The lowest BCUT2D eigenvalue weighted by molar-refractivity contribution is 0.473. The van der Waals surface area contributed by atoms with Crippen LogP contribution < -0.4 is 0 Å². The molecule has 6 rings (SSSR count). The molecule has 0 spiro atoms. The fourth-order valence-corrected chi connectivity index (χ4v) is 4.65. The van der Waals surface area contributed by atoms with Crippen LogP contribution in [0.2, 0.25) is 0 Å². The molecular weight excluding hydrogens is 408 g/mol. The van der Waals surface area contributed by atoms with Crippen molar-refractivity contribution in [2.45, 2.75) is 6.92 Å². The zero-order valence-corrected chi connectivity index (χ0v) is 17.2. The topological polar surface area (TPSA) is 103 Å². The van der Waals surface area contributed by atoms with Crippen molar-refractivity contribution >= 4 is 33.4 Å². The predicted octanol–water partition coefficient (Wildman–Crippen LogP) is 5.31. The standard InChI is InChI=1S/C23H16N6OS/c1-12-2-5-19(31-12)16-6-7-25-22-20(16)26-23(27-22)21-17-9-13(3-4-18(17)28-29-21)14-8-15(30)11-24-10-14/h2-11,30H,1H3,(H,28,29)(H,25,26,27). The number of nitrogens with zero attached hydrogens (tertiary/aromatic N) is 4. The summed E-state index contributed by atoms with van der Waals surface area (Å²) in [5.74, 6) is 0.783. The largest absolute Gasteiger partial charge is 0.506 e. The Hall–Kier alpha value is -4.04. The molecule has 150 valence electrons. The van der Waals surface area contributed by atoms with Crippen molar-refractivity contribution in [1.29, 1.82) is 0 Å². The number of hydrogen-bond acceptors (Lipinski definition) is 6. The van der Waals surface area contributed by atoms with Gasteiger partial charge in [-0.2, -0.15) is 5.10 Å². The number of aromatic hydroxyl groups is 1. The highest BCUT2D eigenvalue weighted by Gasteiger charge is 2.17. The van der Waals surface area contributed by atoms with Crippen LogP contribution in [0.5, 0.6) is 5.75 Å². The molecule has 31 heavy (non-hydrogen) atoms. The monoisotopic (exact) mass is 424 g/mol. The first-order chi connectivity index (χ1) is 15.2. The summed E-state index contributed by atoms with van der Waals surface area (Å²) in [6, 6.07) is 13.9. The minimum atomic E-state index is 0.129. The van der Waals surface area contributed by atoms with Gasteiger partial charge >= 0.3 is 0 Å². The molecule has 7 nitrogen and oxygen atoms in total. The van der Waals surface area contributed by atoms with E-state index >= 15 is 0 Å². The van der Waals surface area contributed by atoms with Gasteiger partial charge in [0, 0.05) is 38.7 Å². The van der Waals surface area contributed by atoms with E-state index in [9.17, 15) is 5.11 Å². The van der Waals surface area contributed by atoms with Crippen LogP contribution in [0.15, 0.2) is 61.1 Å². The number of hydrogen-bond donors (Lipinski definition) is 3. The molecule has 0 bridgehead atoms. The van der Waals surface area contributed by atoms with Crippen molar-refractivity contribution in [3.8, 4) is 38.8 Å². The first kappa shape index (κ1) is 17.8. The van der Waals surface area contributed by atoms with Crippen molar-refractivity contribution in [3.63, 3.8) is 0 Å². The van der Waals surface area contributed by atoms with Gasteiger partial charge in [-0.3, -0.25) is 10.1 Å². The first-order valence-electron chi connectivity index (χ1n) is 9.70. The second kappa shape index (κ2) is 6.75. The molecule has 6 aromatic rings. The second-order valence-corrected chi connectivity index (χ2v) is 8.60. The van der Waals surface area contributed by atoms with Crippen LogP contribution in [0.3, 0.4) is 0 Å². The summed E-state index contributed by atoms with van der Waals surface area (Å²) in [7, 11) is 0. The molecule has 5 heterocycles. The number of nitrogens with one attached hydrogen (secondary N) is 2. The van der Waals surface area contributed by atoms with Gasteiger partial charge in [-0.05, 0) is 48.9 Å². The zero-order valence-electron chi connectivity index (χ0n) is 16.4. The van der Waals surface area contributed by atoms with Crippen molar-refractivity contribution in [2.24, 2.45) is 0 Å². The Morgan fingerprint density at radius 1 is 1.00 bits per heavy atom. The smallest absolute Gasteiger partial charge is 0.160 e. The Kier molecular flexibility index (Phi) is 3.87. The van der Waals surface area contributed by atoms with E-state index in [1.165, 1.54) is 11.1 Å². The molecule has 0 radical (unpaired) electrons. The number of fused-ring (bicyclic) bond motifs is 2. The van der Waals surface area contributed by atoms with E-state index in [4.69, 9.17) is 4.98 Å². The number of aryl methyl sites for hydroxylation is 1. The number of imidazole rings is 1. The van der Waals surface area contributed by atoms with Gasteiger partial charge in [0.1, 0.15) is 17.0 Å². The molecule has 0 aliphatic rings. The number of rotatable bonds is 3. The molecule has 0 amide bonds. The highest BCUT2D eigenvalue weighted by molar-refractivity contribution is 7.15. The van der Waals surface area contributed by atoms with E-state index < -0.39 is 0 Å². The fourth-order valence-electron chi connectivity index (χ4n) is 3.76. The van der Waals surface area contributed by atoms with E-state index in [0.717, 1.165) is 49.3 Å². The van der Waals surface area contributed by atoms with Crippen molar-refractivity contribution < 1.29 is 5.11 Å². The van der Waals surface area contributed by atoms with Gasteiger partial charge in [0.05, 0.1) is 11.7 Å². The van der Waals surface area contributed by atoms with E-state index in [0.29, 0.717) is 5.82 Å². The highest BCUT2D eigenvalue weighted by atomic mass is 32.1. The van der Waals surface area contributed by atoms with Gasteiger partial charge in [0.15, 0.2) is 11.5 Å². The predicted molar refractivity (Wildman–Crippen MR) is 122 cm³/mol. The lowest BCUT2D eigenvalue weighted by Gasteiger charge is -2.02. The first-order valence-corrected chi connectivity index (χ1v) is 10.5. The normalized spacial score (nSPS) is 11.5. The minimum absolute atomic E-state index is 0.129. The molecule has 0 aliphatic heterocycles. The lowest BCUT2D eigenvalue weighted by Crippen LogP contribution is -1.83. The average Bonchev–Trinajstić information content (AvgIpc) is 3.50. The van der Waals surface area contributed by atoms with E-state index in [-0.39, 0.29) is 5.75 Å². The number of aromatic nitrogens is 6. The molecule has 1 aromatic carbocycles. The molecule has 0 saturated carbocycles. The molecule has 0 fully saturated rings. The Bertz CT molecular complexity index is 1580.